The van der Waals surface area contributed by atoms with E-state index in [-0.39, 0.29) is 28.4 Å². The Morgan fingerprint density at radius 1 is 1.17 bits per heavy atom. The van der Waals surface area contributed by atoms with Crippen LogP contribution in [0.2, 0.25) is 0 Å². The molecule has 0 saturated heterocycles. The third kappa shape index (κ3) is 2.30. The molecule has 0 saturated carbocycles. The van der Waals surface area contributed by atoms with Crippen molar-refractivity contribution in [2.75, 3.05) is 7.11 Å². The highest BCUT2D eigenvalue weighted by Gasteiger charge is 2.34. The molecular weight excluding hydrogens is 316 g/mol. The minimum Gasteiger partial charge on any atom is -0.504 e. The Morgan fingerprint density at radius 3 is 2.50 bits per heavy atom. The number of hydrogen-bond donors (Lipinski definition) is 4. The van der Waals surface area contributed by atoms with Crippen LogP contribution in [-0.4, -0.2) is 27.5 Å². The SMILES string of the molecule is COC1=Cc2oc(-c3ccc(O)c(O)c3)c(O)c(=O)c2C(O)C1C. The summed E-state index contributed by atoms with van der Waals surface area (Å²) in [5, 5.41) is 39.5. The number of hydrogen-bond acceptors (Lipinski definition) is 7. The van der Waals surface area contributed by atoms with Gasteiger partial charge in [0.25, 0.3) is 0 Å². The molecule has 1 aliphatic carbocycles. The minimum absolute atomic E-state index is 0.0486. The molecule has 0 aliphatic heterocycles. The highest BCUT2D eigenvalue weighted by atomic mass is 16.5. The molecule has 4 N–H and O–H groups in total. The van der Waals surface area contributed by atoms with E-state index >= 15 is 0 Å². The fraction of sp³-hybridized carbons (Fsp3) is 0.235. The highest BCUT2D eigenvalue weighted by Crippen LogP contribution is 2.40. The lowest BCUT2D eigenvalue weighted by molar-refractivity contribution is 0.0930. The average Bonchev–Trinajstić information content (AvgIpc) is 2.56. The van der Waals surface area contributed by atoms with Crippen LogP contribution < -0.4 is 5.43 Å². The highest BCUT2D eigenvalue weighted by molar-refractivity contribution is 5.69. The van der Waals surface area contributed by atoms with Gasteiger partial charge in [-0.1, -0.05) is 6.92 Å². The zero-order valence-corrected chi connectivity index (χ0v) is 13.0. The summed E-state index contributed by atoms with van der Waals surface area (Å²) in [4.78, 5) is 12.5. The van der Waals surface area contributed by atoms with Gasteiger partial charge in [0.05, 0.1) is 18.8 Å². The lowest BCUT2D eigenvalue weighted by Gasteiger charge is -2.26. The number of ether oxygens (including phenoxy) is 1. The third-order valence-corrected chi connectivity index (χ3v) is 4.12. The molecule has 2 aromatic rings. The lowest BCUT2D eigenvalue weighted by atomic mass is 9.89. The Morgan fingerprint density at radius 2 is 1.88 bits per heavy atom. The molecule has 7 nitrogen and oxygen atoms in total. The topological polar surface area (TPSA) is 120 Å². The van der Waals surface area contributed by atoms with Crippen molar-refractivity contribution in [1.29, 1.82) is 0 Å². The van der Waals surface area contributed by atoms with Gasteiger partial charge in [-0.2, -0.15) is 0 Å². The number of phenols is 2. The maximum absolute atomic E-state index is 12.5. The van der Waals surface area contributed by atoms with Crippen molar-refractivity contribution in [2.45, 2.75) is 13.0 Å². The van der Waals surface area contributed by atoms with Crippen LogP contribution in [0.15, 0.2) is 33.2 Å². The van der Waals surface area contributed by atoms with E-state index in [1.54, 1.807) is 6.92 Å². The van der Waals surface area contributed by atoms with E-state index in [0.29, 0.717) is 5.76 Å². The number of fused-ring (bicyclic) bond motifs is 1. The molecule has 0 spiro atoms. The molecule has 0 radical (unpaired) electrons. The quantitative estimate of drug-likeness (QED) is 0.621. The van der Waals surface area contributed by atoms with Gasteiger partial charge in [0.15, 0.2) is 17.3 Å². The summed E-state index contributed by atoms with van der Waals surface area (Å²) >= 11 is 0. The summed E-state index contributed by atoms with van der Waals surface area (Å²) in [6.45, 7) is 1.69. The van der Waals surface area contributed by atoms with E-state index in [2.05, 4.69) is 0 Å². The predicted molar refractivity (Wildman–Crippen MR) is 84.5 cm³/mol. The molecule has 0 amide bonds. The molecule has 24 heavy (non-hydrogen) atoms. The van der Waals surface area contributed by atoms with Crippen LogP contribution in [0, 0.1) is 5.92 Å². The van der Waals surface area contributed by atoms with Crippen molar-refractivity contribution in [3.8, 4) is 28.6 Å². The van der Waals surface area contributed by atoms with Crippen LogP contribution in [0.3, 0.4) is 0 Å². The van der Waals surface area contributed by atoms with Gasteiger partial charge in [0.1, 0.15) is 11.5 Å². The molecule has 2 unspecified atom stereocenters. The third-order valence-electron chi connectivity index (χ3n) is 4.12. The predicted octanol–water partition coefficient (Wildman–Crippen LogP) is 2.09. The first kappa shape index (κ1) is 15.9. The van der Waals surface area contributed by atoms with E-state index in [4.69, 9.17) is 9.15 Å². The van der Waals surface area contributed by atoms with Gasteiger partial charge in [0, 0.05) is 17.6 Å². The second-order valence-electron chi connectivity index (χ2n) is 5.57. The van der Waals surface area contributed by atoms with Crippen LogP contribution in [0.25, 0.3) is 17.4 Å². The van der Waals surface area contributed by atoms with E-state index in [1.807, 2.05) is 0 Å². The number of methoxy groups -OCH3 is 1. The van der Waals surface area contributed by atoms with E-state index in [1.165, 1.54) is 25.3 Å². The second kappa shape index (κ2) is 5.61. The Kier molecular flexibility index (Phi) is 3.73. The summed E-state index contributed by atoms with van der Waals surface area (Å²) in [6.07, 6.45) is 0.307. The number of aliphatic hydroxyl groups is 1. The Labute approximate surface area is 136 Å². The fourth-order valence-electron chi connectivity index (χ4n) is 2.71. The van der Waals surface area contributed by atoms with Crippen molar-refractivity contribution in [1.82, 2.24) is 0 Å². The van der Waals surface area contributed by atoms with Gasteiger partial charge in [-0.05, 0) is 18.2 Å². The first-order chi connectivity index (χ1) is 11.3. The Hall–Kier alpha value is -2.93. The Bertz CT molecular complexity index is 895. The number of aliphatic hydroxyl groups excluding tert-OH is 1. The van der Waals surface area contributed by atoms with Crippen LogP contribution in [0.5, 0.6) is 17.2 Å². The molecule has 0 bridgehead atoms. The maximum Gasteiger partial charge on any atom is 0.233 e. The minimum atomic E-state index is -1.18. The monoisotopic (exact) mass is 332 g/mol. The van der Waals surface area contributed by atoms with Gasteiger partial charge >= 0.3 is 0 Å². The van der Waals surface area contributed by atoms with Gasteiger partial charge in [-0.25, -0.2) is 0 Å². The Balaban J connectivity index is 2.26. The average molecular weight is 332 g/mol. The van der Waals surface area contributed by atoms with Crippen molar-refractivity contribution in [2.24, 2.45) is 5.92 Å². The smallest absolute Gasteiger partial charge is 0.233 e. The largest absolute Gasteiger partial charge is 0.504 e. The fourth-order valence-corrected chi connectivity index (χ4v) is 2.71. The van der Waals surface area contributed by atoms with Crippen molar-refractivity contribution in [3.05, 3.63) is 45.5 Å². The number of phenolic OH excluding ortho intramolecular Hbond substituents is 2. The molecule has 1 heterocycles. The molecule has 7 heteroatoms. The first-order valence-corrected chi connectivity index (χ1v) is 7.21. The van der Waals surface area contributed by atoms with Crippen LogP contribution in [0.1, 0.15) is 24.4 Å². The zero-order chi connectivity index (χ0) is 17.6. The van der Waals surface area contributed by atoms with E-state index in [0.717, 1.165) is 6.07 Å². The molecule has 0 fully saturated rings. The molecule has 1 aliphatic rings. The van der Waals surface area contributed by atoms with Crippen molar-refractivity contribution in [3.63, 3.8) is 0 Å². The maximum atomic E-state index is 12.5. The van der Waals surface area contributed by atoms with Gasteiger partial charge < -0.3 is 29.6 Å². The van der Waals surface area contributed by atoms with Gasteiger partial charge in [0.2, 0.25) is 11.2 Å². The van der Waals surface area contributed by atoms with Crippen LogP contribution in [0.4, 0.5) is 0 Å². The summed E-state index contributed by atoms with van der Waals surface area (Å²) in [5.74, 6) is -1.58. The molecule has 1 aromatic carbocycles. The molecule has 126 valence electrons. The lowest BCUT2D eigenvalue weighted by Crippen LogP contribution is -2.25. The van der Waals surface area contributed by atoms with Gasteiger partial charge in [-0.15, -0.1) is 0 Å². The molecule has 1 aromatic heterocycles. The molecular formula is C17H16O7. The number of aromatic hydroxyl groups is 3. The number of benzene rings is 1. The standard InChI is InChI=1S/C17H16O7/c1-7-11(23-2)6-12-13(14(7)20)15(21)16(22)17(24-12)8-3-4-9(18)10(19)5-8/h3-7,14,18-20,22H,1-2H3. The van der Waals surface area contributed by atoms with Crippen molar-refractivity contribution >= 4 is 6.08 Å². The van der Waals surface area contributed by atoms with Crippen LogP contribution in [-0.2, 0) is 4.74 Å². The molecule has 3 rings (SSSR count). The normalized spacial score (nSPS) is 19.5. The van der Waals surface area contributed by atoms with E-state index in [9.17, 15) is 25.2 Å². The summed E-state index contributed by atoms with van der Waals surface area (Å²) in [6, 6.07) is 3.74. The van der Waals surface area contributed by atoms with Crippen molar-refractivity contribution < 1.29 is 29.6 Å². The van der Waals surface area contributed by atoms with Gasteiger partial charge in [-0.3, -0.25) is 4.79 Å². The summed E-state index contributed by atoms with van der Waals surface area (Å²) < 4.78 is 10.8. The van der Waals surface area contributed by atoms with Crippen LogP contribution >= 0.6 is 0 Å². The second-order valence-corrected chi connectivity index (χ2v) is 5.57. The summed E-state index contributed by atoms with van der Waals surface area (Å²) in [5.41, 5.74) is -0.611. The summed E-state index contributed by atoms with van der Waals surface area (Å²) in [7, 11) is 1.44. The zero-order valence-electron chi connectivity index (χ0n) is 13.0. The molecule has 2 atom stereocenters. The van der Waals surface area contributed by atoms with E-state index < -0.39 is 28.9 Å². The number of rotatable bonds is 2. The first-order valence-electron chi connectivity index (χ1n) is 7.21.